The van der Waals surface area contributed by atoms with E-state index in [0.29, 0.717) is 12.7 Å². The minimum Gasteiger partial charge on any atom is -0.380 e. The third-order valence-electron chi connectivity index (χ3n) is 3.70. The maximum absolute atomic E-state index is 13.0. The van der Waals surface area contributed by atoms with Gasteiger partial charge >= 0.3 is 11.7 Å². The Kier molecular flexibility index (Phi) is 10.2. The second-order valence-corrected chi connectivity index (χ2v) is 7.33. The molecular weight excluding hydrogens is 482 g/mol. The molecule has 1 heterocycles. The maximum Gasteiger partial charge on any atom is 0.446 e. The Morgan fingerprint density at radius 2 is 1.84 bits per heavy atom. The first-order valence-electron chi connectivity index (χ1n) is 9.37. The predicted molar refractivity (Wildman–Crippen MR) is 111 cm³/mol. The van der Waals surface area contributed by atoms with E-state index in [4.69, 9.17) is 16.3 Å². The normalized spacial score (nSPS) is 11.6. The van der Waals surface area contributed by atoms with Crippen molar-refractivity contribution in [2.45, 2.75) is 44.3 Å². The van der Waals surface area contributed by atoms with E-state index >= 15 is 0 Å². The van der Waals surface area contributed by atoms with E-state index in [1.807, 2.05) is 13.8 Å². The lowest BCUT2D eigenvalue weighted by molar-refractivity contribution is -0.137. The van der Waals surface area contributed by atoms with Gasteiger partial charge in [-0.15, -0.1) is 0 Å². The number of anilines is 1. The van der Waals surface area contributed by atoms with Gasteiger partial charge in [0.1, 0.15) is 11.9 Å². The van der Waals surface area contributed by atoms with Gasteiger partial charge in [-0.2, -0.15) is 36.7 Å². The molecule has 1 N–H and O–H groups in total. The number of hydrogen-bond donors (Lipinski definition) is 1. The van der Waals surface area contributed by atoms with Crippen LogP contribution >= 0.6 is 23.4 Å². The lowest BCUT2D eigenvalue weighted by Gasteiger charge is -2.17. The van der Waals surface area contributed by atoms with Gasteiger partial charge in [-0.3, -0.25) is 0 Å². The number of nitriles is 1. The summed E-state index contributed by atoms with van der Waals surface area (Å²) in [4.78, 5) is -0.517. The summed E-state index contributed by atoms with van der Waals surface area (Å²) in [6.07, 6.45) is -4.66. The quantitative estimate of drug-likeness (QED) is 0.256. The fourth-order valence-electron chi connectivity index (χ4n) is 2.56. The number of aromatic nitrogens is 2. The van der Waals surface area contributed by atoms with E-state index in [2.05, 4.69) is 10.4 Å². The average Bonchev–Trinajstić information content (AvgIpc) is 3.01. The molecule has 1 aromatic heterocycles. The highest BCUT2D eigenvalue weighted by Gasteiger charge is 2.36. The molecule has 0 atom stereocenters. The molecule has 2 rings (SSSR count). The van der Waals surface area contributed by atoms with Crippen LogP contribution in [0.3, 0.4) is 0 Å². The monoisotopic (exact) mass is 502 g/mol. The van der Waals surface area contributed by atoms with E-state index in [9.17, 15) is 31.6 Å². The molecule has 32 heavy (non-hydrogen) atoms. The first kappa shape index (κ1) is 27.9. The van der Waals surface area contributed by atoms with E-state index in [1.165, 1.54) is 6.92 Å². The van der Waals surface area contributed by atoms with Gasteiger partial charge in [0.25, 0.3) is 0 Å². The number of thioether (sulfide) groups is 1. The highest BCUT2D eigenvalue weighted by atomic mass is 35.5. The summed E-state index contributed by atoms with van der Waals surface area (Å²) in [5, 5.41) is 15.5. The molecule has 0 saturated carbocycles. The number of nitrogens with zero attached hydrogens (tertiary/aromatic N) is 3. The number of halogens is 7. The van der Waals surface area contributed by atoms with Crippen molar-refractivity contribution in [2.24, 2.45) is 0 Å². The molecule has 13 heteroatoms. The Bertz CT molecular complexity index is 930. The fourth-order valence-corrected chi connectivity index (χ4v) is 3.58. The number of aryl methyl sites for hydroxylation is 1. The maximum atomic E-state index is 13.0. The molecule has 178 valence electrons. The molecular formula is C19H21ClF6N4OS. The van der Waals surface area contributed by atoms with Gasteiger partial charge in [0.15, 0.2) is 5.69 Å². The van der Waals surface area contributed by atoms with E-state index < -0.39 is 39.6 Å². The summed E-state index contributed by atoms with van der Waals surface area (Å²) in [5.74, 6) is -0.224. The summed E-state index contributed by atoms with van der Waals surface area (Å²) in [7, 11) is 0. The van der Waals surface area contributed by atoms with Crippen LogP contribution in [-0.4, -0.2) is 35.0 Å². The second-order valence-electron chi connectivity index (χ2n) is 5.84. The average molecular weight is 503 g/mol. The topological polar surface area (TPSA) is 62.9 Å². The van der Waals surface area contributed by atoms with E-state index in [1.54, 1.807) is 13.0 Å². The van der Waals surface area contributed by atoms with Crippen LogP contribution < -0.4 is 5.32 Å². The van der Waals surface area contributed by atoms with Crippen LogP contribution in [0.15, 0.2) is 17.0 Å². The number of nitrogens with one attached hydrogen (secondary N) is 1. The standard InChI is InChI=1S/C17H15ClF6N4OS.C2H6/c1-3-29-5-4-26-15-14(30-17(22,23)24)12(8-25)27-28(15)13-9(2)6-10(7-11(13)18)16(19,20)21;1-2/h6-7,26H,3-5H2,1-2H3;1-2H3. The molecule has 0 amide bonds. The zero-order valence-electron chi connectivity index (χ0n) is 17.6. The lowest BCUT2D eigenvalue weighted by Crippen LogP contribution is -2.15. The molecule has 0 aliphatic rings. The highest BCUT2D eigenvalue weighted by molar-refractivity contribution is 8.00. The third-order valence-corrected chi connectivity index (χ3v) is 4.81. The van der Waals surface area contributed by atoms with Gasteiger partial charge in [-0.1, -0.05) is 25.4 Å². The van der Waals surface area contributed by atoms with Crippen LogP contribution in [0, 0.1) is 18.3 Å². The van der Waals surface area contributed by atoms with Crippen LogP contribution in [0.5, 0.6) is 0 Å². The minimum absolute atomic E-state index is 0.0123. The smallest absolute Gasteiger partial charge is 0.380 e. The van der Waals surface area contributed by atoms with Crippen LogP contribution in [-0.2, 0) is 10.9 Å². The van der Waals surface area contributed by atoms with Crippen LogP contribution in [0.4, 0.5) is 32.2 Å². The van der Waals surface area contributed by atoms with Crippen LogP contribution in [0.1, 0.15) is 37.6 Å². The molecule has 0 bridgehead atoms. The summed E-state index contributed by atoms with van der Waals surface area (Å²) >= 11 is 5.49. The van der Waals surface area contributed by atoms with Gasteiger partial charge in [-0.25, -0.2) is 4.68 Å². The van der Waals surface area contributed by atoms with Crippen molar-refractivity contribution in [3.63, 3.8) is 0 Å². The van der Waals surface area contributed by atoms with Gasteiger partial charge < -0.3 is 10.1 Å². The van der Waals surface area contributed by atoms with Crippen molar-refractivity contribution in [1.29, 1.82) is 5.26 Å². The molecule has 0 aliphatic carbocycles. The molecule has 0 unspecified atom stereocenters. The van der Waals surface area contributed by atoms with Gasteiger partial charge in [0.2, 0.25) is 0 Å². The van der Waals surface area contributed by atoms with Gasteiger partial charge in [0, 0.05) is 13.2 Å². The first-order chi connectivity index (χ1) is 14.9. The third kappa shape index (κ3) is 7.21. The number of ether oxygens (including phenoxy) is 1. The Morgan fingerprint density at radius 1 is 1.22 bits per heavy atom. The summed E-state index contributed by atoms with van der Waals surface area (Å²) in [6, 6.07) is 3.03. The number of alkyl halides is 6. The largest absolute Gasteiger partial charge is 0.446 e. The summed E-state index contributed by atoms with van der Waals surface area (Å²) < 4.78 is 84.3. The first-order valence-corrected chi connectivity index (χ1v) is 10.6. The zero-order chi connectivity index (χ0) is 24.7. The van der Waals surface area contributed by atoms with Crippen molar-refractivity contribution >= 4 is 29.2 Å². The summed E-state index contributed by atoms with van der Waals surface area (Å²) in [5.41, 5.74) is -6.36. The SMILES string of the molecule is CC.CCOCCNc1c(SC(F)(F)F)c(C#N)nn1-c1c(C)cc(C(F)(F)F)cc1Cl. The van der Waals surface area contributed by atoms with Crippen molar-refractivity contribution in [1.82, 2.24) is 9.78 Å². The minimum atomic E-state index is -4.73. The molecule has 0 fully saturated rings. The molecule has 0 radical (unpaired) electrons. The van der Waals surface area contributed by atoms with Crippen molar-refractivity contribution in [3.8, 4) is 11.8 Å². The number of benzene rings is 1. The lowest BCUT2D eigenvalue weighted by atomic mass is 10.1. The second kappa shape index (κ2) is 11.7. The van der Waals surface area contributed by atoms with Gasteiger partial charge in [0.05, 0.1) is 27.8 Å². The molecule has 5 nitrogen and oxygen atoms in total. The highest BCUT2D eigenvalue weighted by Crippen LogP contribution is 2.44. The Balaban J connectivity index is 0.00000249. The number of hydrogen-bond acceptors (Lipinski definition) is 5. The van der Waals surface area contributed by atoms with Crippen LogP contribution in [0.25, 0.3) is 5.69 Å². The summed E-state index contributed by atoms with van der Waals surface area (Å²) in [6.45, 7) is 7.62. The van der Waals surface area contributed by atoms with Crippen molar-refractivity contribution in [3.05, 3.63) is 34.0 Å². The molecule has 0 aliphatic heterocycles. The fraction of sp³-hybridized carbons (Fsp3) is 0.474. The van der Waals surface area contributed by atoms with Crippen molar-refractivity contribution < 1.29 is 31.1 Å². The molecule has 2 aromatic rings. The van der Waals surface area contributed by atoms with Crippen molar-refractivity contribution in [2.75, 3.05) is 25.1 Å². The predicted octanol–water partition coefficient (Wildman–Crippen LogP) is 6.81. The number of rotatable bonds is 7. The zero-order valence-corrected chi connectivity index (χ0v) is 19.2. The van der Waals surface area contributed by atoms with E-state index in [0.717, 1.165) is 10.7 Å². The molecule has 0 spiro atoms. The Labute approximate surface area is 190 Å². The van der Waals surface area contributed by atoms with Gasteiger partial charge in [-0.05, 0) is 43.3 Å². The Morgan fingerprint density at radius 3 is 2.31 bits per heavy atom. The van der Waals surface area contributed by atoms with E-state index in [-0.39, 0.29) is 35.2 Å². The Hall–Kier alpha value is -2.10. The van der Waals surface area contributed by atoms with Crippen LogP contribution in [0.2, 0.25) is 5.02 Å². The molecule has 0 saturated heterocycles. The molecule has 1 aromatic carbocycles.